The van der Waals surface area contributed by atoms with Crippen molar-refractivity contribution < 1.29 is 14.1 Å². The molecule has 0 unspecified atom stereocenters. The average molecular weight is 342 g/mol. The molecule has 4 heterocycles. The molecule has 0 saturated carbocycles. The number of rotatable bonds is 3. The molecule has 2 aromatic rings. The highest BCUT2D eigenvalue weighted by atomic mass is 16.5. The van der Waals surface area contributed by atoms with Gasteiger partial charge in [0.05, 0.1) is 24.9 Å². The second kappa shape index (κ2) is 6.93. The number of carbonyl (C=O) groups is 1. The van der Waals surface area contributed by atoms with Crippen molar-refractivity contribution in [2.24, 2.45) is 0 Å². The summed E-state index contributed by atoms with van der Waals surface area (Å²) < 4.78 is 11.0. The summed E-state index contributed by atoms with van der Waals surface area (Å²) in [6.07, 6.45) is 6.22. The molecule has 25 heavy (non-hydrogen) atoms. The van der Waals surface area contributed by atoms with Crippen LogP contribution in [0.15, 0.2) is 35.2 Å². The predicted molar refractivity (Wildman–Crippen MR) is 89.9 cm³/mol. The van der Waals surface area contributed by atoms with Crippen LogP contribution in [0.1, 0.15) is 28.1 Å². The van der Waals surface area contributed by atoms with E-state index in [2.05, 4.69) is 21.1 Å². The molecule has 2 aliphatic rings. The lowest BCUT2D eigenvalue weighted by Gasteiger charge is -2.47. The monoisotopic (exact) mass is 342 g/mol. The Morgan fingerprint density at radius 1 is 1.36 bits per heavy atom. The van der Waals surface area contributed by atoms with Gasteiger partial charge in [0.15, 0.2) is 0 Å². The van der Waals surface area contributed by atoms with Crippen LogP contribution in [-0.2, 0) is 11.3 Å². The number of ether oxygens (including phenoxy) is 1. The van der Waals surface area contributed by atoms with Crippen molar-refractivity contribution in [3.05, 3.63) is 47.6 Å². The molecule has 0 radical (unpaired) electrons. The molecular weight excluding hydrogens is 320 g/mol. The molecule has 0 aliphatic carbocycles. The van der Waals surface area contributed by atoms with Crippen molar-refractivity contribution in [3.8, 4) is 0 Å². The molecule has 1 amide bonds. The fourth-order valence-corrected chi connectivity index (χ4v) is 3.72. The Labute approximate surface area is 146 Å². The molecule has 2 fully saturated rings. The van der Waals surface area contributed by atoms with Crippen LogP contribution in [0.3, 0.4) is 0 Å². The maximum Gasteiger partial charge on any atom is 0.259 e. The summed E-state index contributed by atoms with van der Waals surface area (Å²) >= 11 is 0. The highest BCUT2D eigenvalue weighted by molar-refractivity contribution is 5.94. The van der Waals surface area contributed by atoms with Gasteiger partial charge in [0, 0.05) is 38.6 Å². The highest BCUT2D eigenvalue weighted by Gasteiger charge is 2.39. The van der Waals surface area contributed by atoms with E-state index in [1.165, 1.54) is 11.8 Å². The SMILES string of the molecule is Cc1oncc1C(=O)N1CC[C@@H]2OCCN(Cc3cccnc3)[C@H]2C1. The first-order valence-corrected chi connectivity index (χ1v) is 8.67. The maximum absolute atomic E-state index is 12.8. The molecule has 4 rings (SSSR count). The number of amides is 1. The zero-order chi connectivity index (χ0) is 17.2. The largest absolute Gasteiger partial charge is 0.375 e. The number of hydrogen-bond acceptors (Lipinski definition) is 6. The second-order valence-electron chi connectivity index (χ2n) is 6.64. The Kier molecular flexibility index (Phi) is 4.50. The Hall–Kier alpha value is -2.25. The minimum absolute atomic E-state index is 0.0101. The van der Waals surface area contributed by atoms with Crippen LogP contribution in [0, 0.1) is 6.92 Å². The topological polar surface area (TPSA) is 71.7 Å². The van der Waals surface area contributed by atoms with E-state index in [4.69, 9.17) is 9.26 Å². The van der Waals surface area contributed by atoms with Gasteiger partial charge < -0.3 is 14.2 Å². The molecule has 7 heteroatoms. The van der Waals surface area contributed by atoms with E-state index in [0.29, 0.717) is 24.4 Å². The number of fused-ring (bicyclic) bond motifs is 1. The van der Waals surface area contributed by atoms with E-state index in [0.717, 1.165) is 26.1 Å². The zero-order valence-electron chi connectivity index (χ0n) is 14.3. The number of hydrogen-bond donors (Lipinski definition) is 0. The third kappa shape index (κ3) is 3.29. The Morgan fingerprint density at radius 2 is 2.28 bits per heavy atom. The average Bonchev–Trinajstić information content (AvgIpc) is 3.08. The number of aromatic nitrogens is 2. The number of likely N-dealkylation sites (tertiary alicyclic amines) is 1. The summed E-state index contributed by atoms with van der Waals surface area (Å²) in [4.78, 5) is 21.3. The zero-order valence-corrected chi connectivity index (χ0v) is 14.3. The van der Waals surface area contributed by atoms with Crippen molar-refractivity contribution in [2.75, 3.05) is 26.2 Å². The van der Waals surface area contributed by atoms with Gasteiger partial charge in [-0.1, -0.05) is 11.2 Å². The number of morpholine rings is 1. The summed E-state index contributed by atoms with van der Waals surface area (Å²) in [7, 11) is 0. The summed E-state index contributed by atoms with van der Waals surface area (Å²) in [6.45, 7) is 5.56. The molecule has 2 aromatic heterocycles. The number of pyridine rings is 1. The van der Waals surface area contributed by atoms with Crippen LogP contribution in [0.5, 0.6) is 0 Å². The van der Waals surface area contributed by atoms with Crippen LogP contribution < -0.4 is 0 Å². The van der Waals surface area contributed by atoms with E-state index in [1.807, 2.05) is 17.2 Å². The van der Waals surface area contributed by atoms with E-state index < -0.39 is 0 Å². The molecule has 7 nitrogen and oxygen atoms in total. The number of carbonyl (C=O) groups excluding carboxylic acids is 1. The van der Waals surface area contributed by atoms with Gasteiger partial charge in [-0.2, -0.15) is 0 Å². The molecule has 0 N–H and O–H groups in total. The van der Waals surface area contributed by atoms with Gasteiger partial charge in [-0.25, -0.2) is 0 Å². The number of aryl methyl sites for hydroxylation is 1. The van der Waals surface area contributed by atoms with Crippen LogP contribution in [0.4, 0.5) is 0 Å². The third-order valence-corrected chi connectivity index (χ3v) is 5.08. The Morgan fingerprint density at radius 3 is 3.04 bits per heavy atom. The predicted octanol–water partition coefficient (Wildman–Crippen LogP) is 1.49. The van der Waals surface area contributed by atoms with Crippen molar-refractivity contribution in [3.63, 3.8) is 0 Å². The van der Waals surface area contributed by atoms with Crippen LogP contribution in [-0.4, -0.2) is 64.2 Å². The maximum atomic E-state index is 12.8. The fraction of sp³-hybridized carbons (Fsp3) is 0.500. The lowest BCUT2D eigenvalue weighted by Crippen LogP contribution is -2.60. The lowest BCUT2D eigenvalue weighted by molar-refractivity contribution is -0.101. The van der Waals surface area contributed by atoms with Crippen LogP contribution >= 0.6 is 0 Å². The first-order valence-electron chi connectivity index (χ1n) is 8.67. The Balaban J connectivity index is 1.49. The number of nitrogens with zero attached hydrogens (tertiary/aromatic N) is 4. The third-order valence-electron chi connectivity index (χ3n) is 5.08. The Bertz CT molecular complexity index is 733. The first-order chi connectivity index (χ1) is 12.2. The highest BCUT2D eigenvalue weighted by Crippen LogP contribution is 2.26. The molecule has 0 bridgehead atoms. The van der Waals surface area contributed by atoms with Crippen LogP contribution in [0.2, 0.25) is 0 Å². The van der Waals surface area contributed by atoms with E-state index in [9.17, 15) is 4.79 Å². The van der Waals surface area contributed by atoms with E-state index in [-0.39, 0.29) is 18.1 Å². The molecule has 2 saturated heterocycles. The lowest BCUT2D eigenvalue weighted by atomic mass is 9.97. The molecule has 132 valence electrons. The molecule has 2 atom stereocenters. The minimum Gasteiger partial charge on any atom is -0.375 e. The summed E-state index contributed by atoms with van der Waals surface area (Å²) in [5.41, 5.74) is 1.73. The van der Waals surface area contributed by atoms with Crippen molar-refractivity contribution >= 4 is 5.91 Å². The van der Waals surface area contributed by atoms with Crippen LogP contribution in [0.25, 0.3) is 0 Å². The van der Waals surface area contributed by atoms with Gasteiger partial charge in [0.2, 0.25) is 0 Å². The van der Waals surface area contributed by atoms with Crippen molar-refractivity contribution in [1.29, 1.82) is 0 Å². The fourth-order valence-electron chi connectivity index (χ4n) is 3.72. The normalized spacial score (nSPS) is 24.1. The summed E-state index contributed by atoms with van der Waals surface area (Å²) in [5.74, 6) is 0.559. The molecular formula is C18H22N4O3. The second-order valence-corrected chi connectivity index (χ2v) is 6.64. The summed E-state index contributed by atoms with van der Waals surface area (Å²) in [5, 5.41) is 3.73. The standard InChI is InChI=1S/C18H22N4O3/c1-13-15(10-20-25-13)18(23)22-6-4-17-16(12-22)21(7-8-24-17)11-14-3-2-5-19-9-14/h2-3,5,9-10,16-17H,4,6-8,11-12H2,1H3/t16-,17-/m0/s1. The minimum atomic E-state index is -0.0101. The van der Waals surface area contributed by atoms with Gasteiger partial charge in [0.25, 0.3) is 5.91 Å². The molecule has 2 aliphatic heterocycles. The first kappa shape index (κ1) is 16.2. The quantitative estimate of drug-likeness (QED) is 0.842. The van der Waals surface area contributed by atoms with Crippen molar-refractivity contribution in [1.82, 2.24) is 19.9 Å². The van der Waals surface area contributed by atoms with E-state index >= 15 is 0 Å². The van der Waals surface area contributed by atoms with Gasteiger partial charge in [-0.15, -0.1) is 0 Å². The van der Waals surface area contributed by atoms with Crippen molar-refractivity contribution in [2.45, 2.75) is 32.0 Å². The van der Waals surface area contributed by atoms with Gasteiger partial charge >= 0.3 is 0 Å². The smallest absolute Gasteiger partial charge is 0.259 e. The van der Waals surface area contributed by atoms with E-state index in [1.54, 1.807) is 13.1 Å². The van der Waals surface area contributed by atoms with Gasteiger partial charge in [0.1, 0.15) is 11.3 Å². The number of piperidine rings is 1. The van der Waals surface area contributed by atoms with Gasteiger partial charge in [-0.3, -0.25) is 14.7 Å². The molecule has 0 spiro atoms. The molecule has 0 aromatic carbocycles. The summed E-state index contributed by atoms with van der Waals surface area (Å²) in [6, 6.07) is 4.24. The van der Waals surface area contributed by atoms with Gasteiger partial charge in [-0.05, 0) is 25.0 Å².